The topological polar surface area (TPSA) is 23.1 Å². The van der Waals surface area contributed by atoms with E-state index < -0.39 is 0 Å². The molecular weight excluding hydrogens is 177 g/mol. The Morgan fingerprint density at radius 3 is 1.60 bits per heavy atom. The Labute approximate surface area is 78.0 Å². The van der Waals surface area contributed by atoms with Crippen molar-refractivity contribution < 1.29 is 24.6 Å². The van der Waals surface area contributed by atoms with Crippen molar-refractivity contribution in [2.75, 3.05) is 6.61 Å². The van der Waals surface area contributed by atoms with Gasteiger partial charge in [0.15, 0.2) is 0 Å². The zero-order valence-corrected chi connectivity index (χ0v) is 10.3. The van der Waals surface area contributed by atoms with Gasteiger partial charge < -0.3 is 12.0 Å². The first-order valence-corrected chi connectivity index (χ1v) is 3.70. The minimum Gasteiger partial charge on any atom is -0.854 e. The third-order valence-corrected chi connectivity index (χ3v) is 0.851. The van der Waals surface area contributed by atoms with Crippen LogP contribution in [0.3, 0.4) is 0 Å². The molecule has 0 N–H and O–H groups in total. The van der Waals surface area contributed by atoms with Crippen molar-refractivity contribution in [2.24, 2.45) is 0 Å². The molecule has 0 aromatic carbocycles. The van der Waals surface area contributed by atoms with Crippen LogP contribution in [0.25, 0.3) is 0 Å². The van der Waals surface area contributed by atoms with Crippen molar-refractivity contribution >= 4 is 0 Å². The van der Waals surface area contributed by atoms with E-state index in [1.54, 1.807) is 0 Å². The molecule has 0 heterocycles. The van der Waals surface area contributed by atoms with Crippen LogP contribution < -0.4 is 5.11 Å². The normalized spacial score (nSPS) is 7.20. The fourth-order valence-electron chi connectivity index (χ4n) is 0.144. The average molecular weight is 196 g/mol. The summed E-state index contributed by atoms with van der Waals surface area (Å²) in [6.45, 7) is 7.83. The van der Waals surface area contributed by atoms with Gasteiger partial charge in [-0.2, -0.15) is 6.42 Å². The van der Waals surface area contributed by atoms with Crippen molar-refractivity contribution in [3.63, 3.8) is 0 Å². The predicted octanol–water partition coefficient (Wildman–Crippen LogP) is 1.76. The molecule has 0 saturated carbocycles. The van der Waals surface area contributed by atoms with Crippen molar-refractivity contribution in [1.82, 2.24) is 0 Å². The van der Waals surface area contributed by atoms with E-state index >= 15 is 0 Å². The molecule has 2 heteroatoms. The third kappa shape index (κ3) is 38.4. The largest absolute Gasteiger partial charge is 2.00 e. The molecule has 0 amide bonds. The summed E-state index contributed by atoms with van der Waals surface area (Å²) in [5, 5.41) is 9.53. The van der Waals surface area contributed by atoms with Gasteiger partial charge in [0.1, 0.15) is 0 Å². The summed E-state index contributed by atoms with van der Waals surface area (Å²) in [4.78, 5) is 0. The van der Waals surface area contributed by atoms with E-state index in [4.69, 9.17) is 0 Å². The molecule has 0 aliphatic rings. The molecule has 0 aromatic heterocycles. The first kappa shape index (κ1) is 16.9. The van der Waals surface area contributed by atoms with E-state index in [1.165, 1.54) is 6.42 Å². The van der Waals surface area contributed by atoms with Crippen LogP contribution in [-0.2, 0) is 19.5 Å². The van der Waals surface area contributed by atoms with E-state index in [2.05, 4.69) is 13.8 Å². The van der Waals surface area contributed by atoms with E-state index in [1.807, 2.05) is 6.92 Å². The summed E-state index contributed by atoms with van der Waals surface area (Å²) in [5.41, 5.74) is 0. The van der Waals surface area contributed by atoms with Crippen LogP contribution >= 0.6 is 0 Å². The Morgan fingerprint density at radius 2 is 1.60 bits per heavy atom. The Bertz CT molecular complexity index is 28.4. The quantitative estimate of drug-likeness (QED) is 0.497. The second-order valence-corrected chi connectivity index (χ2v) is 1.91. The smallest absolute Gasteiger partial charge is 0.854 e. The number of hydrogen-bond acceptors (Lipinski definition) is 1. The van der Waals surface area contributed by atoms with Crippen LogP contribution in [0.15, 0.2) is 0 Å². The zero-order chi connectivity index (χ0) is 7.54. The Kier molecular flexibility index (Phi) is 38.3. The van der Waals surface area contributed by atoms with E-state index in [-0.39, 0.29) is 26.1 Å². The van der Waals surface area contributed by atoms with Gasteiger partial charge in [-0.3, -0.25) is 0 Å². The van der Waals surface area contributed by atoms with Crippen molar-refractivity contribution in [1.29, 1.82) is 0 Å². The van der Waals surface area contributed by atoms with E-state index in [0.717, 1.165) is 19.3 Å². The molecule has 58 valence electrons. The molecule has 0 spiro atoms. The van der Waals surface area contributed by atoms with Crippen LogP contribution in [0.4, 0.5) is 0 Å². The molecular formula is C8H18OZn. The summed E-state index contributed by atoms with van der Waals surface area (Å²) in [5.74, 6) is 0. The molecule has 0 aromatic rings. The first-order valence-electron chi connectivity index (χ1n) is 3.70. The molecule has 0 aliphatic heterocycles. The minimum absolute atomic E-state index is 0. The summed E-state index contributed by atoms with van der Waals surface area (Å²) < 4.78 is 0. The molecule has 0 atom stereocenters. The second kappa shape index (κ2) is 22.6. The third-order valence-electron chi connectivity index (χ3n) is 0.851. The molecule has 0 aliphatic carbocycles. The summed E-state index contributed by atoms with van der Waals surface area (Å²) in [6.07, 6.45) is 4.14. The van der Waals surface area contributed by atoms with Crippen molar-refractivity contribution in [3.8, 4) is 0 Å². The standard InChI is InChI=1S/C4H9O.C4H9.Zn/c1-2-3-4-5;1-3-4-2;/h2-4H2,1H3;1,3-4H2,2H3;/q2*-1;+2. The van der Waals surface area contributed by atoms with Gasteiger partial charge in [-0.25, -0.2) is 0 Å². The zero-order valence-electron chi connectivity index (χ0n) is 7.36. The van der Waals surface area contributed by atoms with Gasteiger partial charge in [0, 0.05) is 0 Å². The van der Waals surface area contributed by atoms with Gasteiger partial charge in [-0.15, -0.1) is 6.61 Å². The number of unbranched alkanes of at least 4 members (excludes halogenated alkanes) is 2. The van der Waals surface area contributed by atoms with Crippen LogP contribution in [0, 0.1) is 6.92 Å². The maximum atomic E-state index is 9.53. The van der Waals surface area contributed by atoms with E-state index in [0.29, 0.717) is 0 Å². The van der Waals surface area contributed by atoms with Crippen LogP contribution in [-0.4, -0.2) is 6.61 Å². The monoisotopic (exact) mass is 194 g/mol. The molecule has 0 radical (unpaired) electrons. The van der Waals surface area contributed by atoms with E-state index in [9.17, 15) is 5.11 Å². The predicted molar refractivity (Wildman–Crippen MR) is 40.0 cm³/mol. The fraction of sp³-hybridized carbons (Fsp3) is 0.875. The molecule has 0 rings (SSSR count). The SMILES string of the molecule is CCCC[O-].[CH2-]CCC.[Zn+2]. The van der Waals surface area contributed by atoms with Gasteiger partial charge in [-0.1, -0.05) is 33.1 Å². The maximum absolute atomic E-state index is 9.53. The van der Waals surface area contributed by atoms with Crippen LogP contribution in [0.5, 0.6) is 0 Å². The Hall–Kier alpha value is 0.583. The summed E-state index contributed by atoms with van der Waals surface area (Å²) >= 11 is 0. The van der Waals surface area contributed by atoms with Gasteiger partial charge in [-0.05, 0) is 0 Å². The number of hydrogen-bond donors (Lipinski definition) is 0. The van der Waals surface area contributed by atoms with Crippen molar-refractivity contribution in [2.45, 2.75) is 39.5 Å². The second-order valence-electron chi connectivity index (χ2n) is 1.91. The molecule has 0 saturated heterocycles. The summed E-state index contributed by atoms with van der Waals surface area (Å²) in [7, 11) is 0. The first-order chi connectivity index (χ1) is 4.33. The maximum Gasteiger partial charge on any atom is 2.00 e. The Balaban J connectivity index is -0.0000000910. The van der Waals surface area contributed by atoms with Gasteiger partial charge >= 0.3 is 19.5 Å². The van der Waals surface area contributed by atoms with Gasteiger partial charge in [0.05, 0.1) is 0 Å². The molecule has 0 fully saturated rings. The van der Waals surface area contributed by atoms with Gasteiger partial charge in [0.2, 0.25) is 0 Å². The number of rotatable bonds is 3. The molecule has 10 heavy (non-hydrogen) atoms. The van der Waals surface area contributed by atoms with Crippen molar-refractivity contribution in [3.05, 3.63) is 6.92 Å². The van der Waals surface area contributed by atoms with Gasteiger partial charge in [0.25, 0.3) is 0 Å². The van der Waals surface area contributed by atoms with Crippen LogP contribution in [0.1, 0.15) is 39.5 Å². The minimum atomic E-state index is 0. The van der Waals surface area contributed by atoms with Crippen LogP contribution in [0.2, 0.25) is 0 Å². The molecule has 1 nitrogen and oxygen atoms in total. The summed E-state index contributed by atoms with van der Waals surface area (Å²) in [6, 6.07) is 0. The average Bonchev–Trinajstić information content (AvgIpc) is 1.91. The molecule has 0 bridgehead atoms. The molecule has 0 unspecified atom stereocenters. The fourth-order valence-corrected chi connectivity index (χ4v) is 0.144. The Morgan fingerprint density at radius 1 is 1.20 bits per heavy atom.